The monoisotopic (exact) mass is 377 g/mol. The first-order chi connectivity index (χ1) is 11.1. The fourth-order valence-electron chi connectivity index (χ4n) is 1.96. The third-order valence-corrected chi connectivity index (χ3v) is 3.84. The lowest BCUT2D eigenvalue weighted by molar-refractivity contribution is 0.0600. The van der Waals surface area contributed by atoms with Crippen LogP contribution in [0.3, 0.4) is 0 Å². The first-order valence-corrected chi connectivity index (χ1v) is 8.18. The van der Waals surface area contributed by atoms with Gasteiger partial charge < -0.3 is 14.8 Å². The van der Waals surface area contributed by atoms with E-state index in [9.17, 15) is 4.79 Å². The van der Waals surface area contributed by atoms with Crippen molar-refractivity contribution in [3.63, 3.8) is 0 Å². The molecule has 0 saturated heterocycles. The minimum Gasteiger partial charge on any atom is -0.493 e. The maximum atomic E-state index is 11.4. The highest BCUT2D eigenvalue weighted by Crippen LogP contribution is 2.16. The number of carbonyl (C=O) groups is 1. The molecule has 122 valence electrons. The third-order valence-electron chi connectivity index (χ3n) is 3.31. The summed E-state index contributed by atoms with van der Waals surface area (Å²) in [6, 6.07) is 15.0. The second-order valence-corrected chi connectivity index (χ2v) is 6.24. The molecular formula is C18H20BrNO3. The Hall–Kier alpha value is -2.01. The second kappa shape index (κ2) is 8.58. The van der Waals surface area contributed by atoms with Gasteiger partial charge in [-0.15, -0.1) is 0 Å². The Morgan fingerprint density at radius 3 is 2.39 bits per heavy atom. The van der Waals surface area contributed by atoms with Gasteiger partial charge in [0.15, 0.2) is 0 Å². The van der Waals surface area contributed by atoms with Crippen molar-refractivity contribution in [1.82, 2.24) is 0 Å². The largest absolute Gasteiger partial charge is 0.493 e. The summed E-state index contributed by atoms with van der Waals surface area (Å²) in [5, 5.41) is 3.38. The van der Waals surface area contributed by atoms with E-state index < -0.39 is 0 Å². The molecule has 1 atom stereocenters. The van der Waals surface area contributed by atoms with Crippen LogP contribution in [0.25, 0.3) is 0 Å². The molecule has 0 aliphatic heterocycles. The van der Waals surface area contributed by atoms with Crippen molar-refractivity contribution < 1.29 is 14.3 Å². The molecule has 1 unspecified atom stereocenters. The molecule has 1 N–H and O–H groups in total. The number of hydrogen-bond acceptors (Lipinski definition) is 4. The van der Waals surface area contributed by atoms with Crippen LogP contribution in [0.15, 0.2) is 53.0 Å². The van der Waals surface area contributed by atoms with Gasteiger partial charge in [0.05, 0.1) is 19.3 Å². The zero-order valence-electron chi connectivity index (χ0n) is 13.2. The van der Waals surface area contributed by atoms with Crippen molar-refractivity contribution in [2.45, 2.75) is 6.92 Å². The predicted octanol–water partition coefficient (Wildman–Crippen LogP) is 4.36. The summed E-state index contributed by atoms with van der Waals surface area (Å²) in [7, 11) is 1.37. The van der Waals surface area contributed by atoms with E-state index >= 15 is 0 Å². The van der Waals surface area contributed by atoms with Gasteiger partial charge in [-0.1, -0.05) is 22.9 Å². The zero-order valence-corrected chi connectivity index (χ0v) is 14.8. The SMILES string of the molecule is COC(=O)c1ccc(OCC(C)CNc2ccc(Br)cc2)cc1. The number of benzene rings is 2. The molecule has 23 heavy (non-hydrogen) atoms. The molecule has 0 aliphatic carbocycles. The molecule has 0 aromatic heterocycles. The van der Waals surface area contributed by atoms with Crippen LogP contribution < -0.4 is 10.1 Å². The van der Waals surface area contributed by atoms with E-state index in [0.717, 1.165) is 22.5 Å². The zero-order chi connectivity index (χ0) is 16.7. The highest BCUT2D eigenvalue weighted by Gasteiger charge is 2.06. The quantitative estimate of drug-likeness (QED) is 0.728. The molecule has 0 bridgehead atoms. The van der Waals surface area contributed by atoms with Gasteiger partial charge in [0.1, 0.15) is 5.75 Å². The van der Waals surface area contributed by atoms with Crippen molar-refractivity contribution in [2.75, 3.05) is 25.6 Å². The number of hydrogen-bond donors (Lipinski definition) is 1. The van der Waals surface area contributed by atoms with Gasteiger partial charge in [0.25, 0.3) is 0 Å². The molecule has 4 nitrogen and oxygen atoms in total. The van der Waals surface area contributed by atoms with Crippen LogP contribution in [0.2, 0.25) is 0 Å². The summed E-state index contributed by atoms with van der Waals surface area (Å²) in [6.07, 6.45) is 0. The summed E-state index contributed by atoms with van der Waals surface area (Å²) in [6.45, 7) is 3.54. The van der Waals surface area contributed by atoms with Crippen LogP contribution in [-0.2, 0) is 4.74 Å². The van der Waals surface area contributed by atoms with Gasteiger partial charge in [-0.3, -0.25) is 0 Å². The molecule has 0 saturated carbocycles. The average Bonchev–Trinajstić information content (AvgIpc) is 2.59. The van der Waals surface area contributed by atoms with Crippen LogP contribution >= 0.6 is 15.9 Å². The van der Waals surface area contributed by atoms with Crippen molar-refractivity contribution in [3.8, 4) is 5.75 Å². The first kappa shape index (κ1) is 17.3. The molecular weight excluding hydrogens is 358 g/mol. The summed E-state index contributed by atoms with van der Waals surface area (Å²) in [5.74, 6) is 0.746. The van der Waals surface area contributed by atoms with Crippen LogP contribution in [0, 0.1) is 5.92 Å². The van der Waals surface area contributed by atoms with Crippen LogP contribution in [0.1, 0.15) is 17.3 Å². The Kier molecular flexibility index (Phi) is 6.47. The molecule has 0 aliphatic rings. The lowest BCUT2D eigenvalue weighted by atomic mass is 10.2. The van der Waals surface area contributed by atoms with E-state index in [2.05, 4.69) is 32.9 Å². The van der Waals surface area contributed by atoms with Gasteiger partial charge >= 0.3 is 5.97 Å². The fourth-order valence-corrected chi connectivity index (χ4v) is 2.23. The average molecular weight is 378 g/mol. The second-order valence-electron chi connectivity index (χ2n) is 5.32. The van der Waals surface area contributed by atoms with Crippen LogP contribution in [-0.4, -0.2) is 26.2 Å². The van der Waals surface area contributed by atoms with Crippen molar-refractivity contribution in [1.29, 1.82) is 0 Å². The standard InChI is InChI=1S/C18H20BrNO3/c1-13(11-20-16-7-5-15(19)6-8-16)12-23-17-9-3-14(4-10-17)18(21)22-2/h3-10,13,20H,11-12H2,1-2H3. The number of nitrogens with one attached hydrogen (secondary N) is 1. The van der Waals surface area contributed by atoms with Gasteiger partial charge in [-0.05, 0) is 48.5 Å². The first-order valence-electron chi connectivity index (χ1n) is 7.39. The highest BCUT2D eigenvalue weighted by molar-refractivity contribution is 9.10. The molecule has 0 amide bonds. The van der Waals surface area contributed by atoms with Crippen molar-refractivity contribution in [2.24, 2.45) is 5.92 Å². The number of ether oxygens (including phenoxy) is 2. The van der Waals surface area contributed by atoms with Crippen LogP contribution in [0.5, 0.6) is 5.75 Å². The number of rotatable bonds is 7. The normalized spacial score (nSPS) is 11.6. The summed E-state index contributed by atoms with van der Waals surface area (Å²) in [4.78, 5) is 11.4. The lowest BCUT2D eigenvalue weighted by Crippen LogP contribution is -2.18. The van der Waals surface area contributed by atoms with Gasteiger partial charge in [-0.2, -0.15) is 0 Å². The molecule has 0 spiro atoms. The predicted molar refractivity (Wildman–Crippen MR) is 95.1 cm³/mol. The molecule has 0 fully saturated rings. The Balaban J connectivity index is 1.76. The number of halogens is 1. The molecule has 2 aromatic carbocycles. The van der Waals surface area contributed by atoms with E-state index in [4.69, 9.17) is 4.74 Å². The van der Waals surface area contributed by atoms with Gasteiger partial charge in [0.2, 0.25) is 0 Å². The molecule has 5 heteroatoms. The minimum absolute atomic E-state index is 0.344. The lowest BCUT2D eigenvalue weighted by Gasteiger charge is -2.15. The Bertz CT molecular complexity index is 626. The van der Waals surface area contributed by atoms with Gasteiger partial charge in [-0.25, -0.2) is 4.79 Å². The Morgan fingerprint density at radius 2 is 1.78 bits per heavy atom. The van der Waals surface area contributed by atoms with E-state index in [0.29, 0.717) is 18.1 Å². The number of methoxy groups -OCH3 is 1. The maximum absolute atomic E-state index is 11.4. The fraction of sp³-hybridized carbons (Fsp3) is 0.278. The number of carbonyl (C=O) groups excluding carboxylic acids is 1. The van der Waals surface area contributed by atoms with E-state index in [1.807, 2.05) is 24.3 Å². The highest BCUT2D eigenvalue weighted by atomic mass is 79.9. The molecule has 2 aromatic rings. The molecule has 0 radical (unpaired) electrons. The molecule has 0 heterocycles. The maximum Gasteiger partial charge on any atom is 0.337 e. The van der Waals surface area contributed by atoms with Gasteiger partial charge in [0, 0.05) is 22.6 Å². The van der Waals surface area contributed by atoms with E-state index in [-0.39, 0.29) is 5.97 Å². The van der Waals surface area contributed by atoms with Crippen molar-refractivity contribution >= 4 is 27.6 Å². The summed E-state index contributed by atoms with van der Waals surface area (Å²) in [5.41, 5.74) is 1.60. The number of anilines is 1. The topological polar surface area (TPSA) is 47.6 Å². The summed E-state index contributed by atoms with van der Waals surface area (Å²) >= 11 is 3.42. The molecule has 2 rings (SSSR count). The summed E-state index contributed by atoms with van der Waals surface area (Å²) < 4.78 is 11.5. The van der Waals surface area contributed by atoms with E-state index in [1.54, 1.807) is 24.3 Å². The van der Waals surface area contributed by atoms with Crippen LogP contribution in [0.4, 0.5) is 5.69 Å². The Labute approximate surface area is 144 Å². The van der Waals surface area contributed by atoms with E-state index in [1.165, 1.54) is 7.11 Å². The Morgan fingerprint density at radius 1 is 1.13 bits per heavy atom. The van der Waals surface area contributed by atoms with Crippen molar-refractivity contribution in [3.05, 3.63) is 58.6 Å². The number of esters is 1. The smallest absolute Gasteiger partial charge is 0.337 e. The third kappa shape index (κ3) is 5.60. The minimum atomic E-state index is -0.344.